The SMILES string of the molecule is CC(C)(C)OC(=O)NCCOCCNc1ccc(S(N)(=O)=O)cc1[N+](=O)[O-]. The number of anilines is 1. The lowest BCUT2D eigenvalue weighted by Crippen LogP contribution is -2.34. The van der Waals surface area contributed by atoms with Crippen molar-refractivity contribution >= 4 is 27.5 Å². The molecule has 0 unspecified atom stereocenters. The van der Waals surface area contributed by atoms with Crippen LogP contribution in [0.15, 0.2) is 23.1 Å². The molecule has 4 N–H and O–H groups in total. The lowest BCUT2D eigenvalue weighted by atomic mass is 10.2. The van der Waals surface area contributed by atoms with Gasteiger partial charge >= 0.3 is 6.09 Å². The number of amides is 1. The van der Waals surface area contributed by atoms with E-state index in [1.165, 1.54) is 12.1 Å². The van der Waals surface area contributed by atoms with Gasteiger partial charge in [0.05, 0.1) is 23.0 Å². The van der Waals surface area contributed by atoms with Crippen molar-refractivity contribution in [3.63, 3.8) is 0 Å². The van der Waals surface area contributed by atoms with Gasteiger partial charge in [-0.25, -0.2) is 18.4 Å². The first kappa shape index (κ1) is 22.6. The number of nitrogens with zero attached hydrogens (tertiary/aromatic N) is 1. The highest BCUT2D eigenvalue weighted by Crippen LogP contribution is 2.26. The van der Waals surface area contributed by atoms with Gasteiger partial charge in [0.25, 0.3) is 5.69 Å². The van der Waals surface area contributed by atoms with E-state index in [0.717, 1.165) is 6.07 Å². The Hall–Kier alpha value is -2.44. The molecule has 0 spiro atoms. The number of carbonyl (C=O) groups is 1. The molecular weight excluding hydrogens is 380 g/mol. The minimum absolute atomic E-state index is 0.142. The van der Waals surface area contributed by atoms with Gasteiger partial charge < -0.3 is 20.1 Å². The van der Waals surface area contributed by atoms with E-state index in [0.29, 0.717) is 0 Å². The number of hydrogen-bond donors (Lipinski definition) is 3. The maximum absolute atomic E-state index is 11.4. The van der Waals surface area contributed by atoms with E-state index in [4.69, 9.17) is 14.6 Å². The fourth-order valence-electron chi connectivity index (χ4n) is 1.89. The molecule has 0 saturated carbocycles. The first-order chi connectivity index (χ1) is 12.4. The molecule has 0 saturated heterocycles. The largest absolute Gasteiger partial charge is 0.444 e. The second kappa shape index (κ2) is 9.48. The summed E-state index contributed by atoms with van der Waals surface area (Å²) in [6.45, 7) is 6.19. The summed E-state index contributed by atoms with van der Waals surface area (Å²) in [7, 11) is -4.03. The summed E-state index contributed by atoms with van der Waals surface area (Å²) in [5.41, 5.74) is -0.849. The zero-order valence-electron chi connectivity index (χ0n) is 15.4. The molecule has 0 aliphatic carbocycles. The molecule has 0 aromatic heterocycles. The Balaban J connectivity index is 2.40. The van der Waals surface area contributed by atoms with Crippen LogP contribution in [0.3, 0.4) is 0 Å². The summed E-state index contributed by atoms with van der Waals surface area (Å²) in [6, 6.07) is 3.33. The summed E-state index contributed by atoms with van der Waals surface area (Å²) in [4.78, 5) is 21.5. The normalized spacial score (nSPS) is 11.7. The minimum atomic E-state index is -4.03. The number of alkyl carbamates (subject to hydrolysis) is 1. The molecule has 0 aliphatic heterocycles. The average Bonchev–Trinajstić information content (AvgIpc) is 2.51. The average molecular weight is 404 g/mol. The van der Waals surface area contributed by atoms with Gasteiger partial charge in [0, 0.05) is 19.2 Å². The van der Waals surface area contributed by atoms with E-state index in [2.05, 4.69) is 10.6 Å². The summed E-state index contributed by atoms with van der Waals surface area (Å²) < 4.78 is 32.9. The number of sulfonamides is 1. The number of rotatable bonds is 9. The third kappa shape index (κ3) is 8.66. The number of nitrogens with one attached hydrogen (secondary N) is 2. The van der Waals surface area contributed by atoms with E-state index in [1.54, 1.807) is 20.8 Å². The number of primary sulfonamides is 1. The highest BCUT2D eigenvalue weighted by atomic mass is 32.2. The highest BCUT2D eigenvalue weighted by Gasteiger charge is 2.19. The van der Waals surface area contributed by atoms with Gasteiger partial charge in [-0.05, 0) is 32.9 Å². The third-order valence-electron chi connectivity index (χ3n) is 2.97. The molecule has 11 nitrogen and oxygen atoms in total. The van der Waals surface area contributed by atoms with Crippen LogP contribution < -0.4 is 15.8 Å². The fraction of sp³-hybridized carbons (Fsp3) is 0.533. The maximum atomic E-state index is 11.4. The van der Waals surface area contributed by atoms with Crippen molar-refractivity contribution in [2.75, 3.05) is 31.6 Å². The molecule has 12 heteroatoms. The summed E-state index contributed by atoms with van der Waals surface area (Å²) in [6.07, 6.45) is -0.546. The topological polar surface area (TPSA) is 163 Å². The zero-order chi connectivity index (χ0) is 20.7. The van der Waals surface area contributed by atoms with Gasteiger partial charge in [-0.2, -0.15) is 0 Å². The van der Waals surface area contributed by atoms with Crippen molar-refractivity contribution in [3.05, 3.63) is 28.3 Å². The van der Waals surface area contributed by atoms with Crippen LogP contribution in [0, 0.1) is 10.1 Å². The molecule has 0 fully saturated rings. The van der Waals surface area contributed by atoms with Crippen molar-refractivity contribution in [1.82, 2.24) is 5.32 Å². The highest BCUT2D eigenvalue weighted by molar-refractivity contribution is 7.89. The number of benzene rings is 1. The van der Waals surface area contributed by atoms with E-state index in [1.807, 2.05) is 0 Å². The molecule has 152 valence electrons. The van der Waals surface area contributed by atoms with E-state index >= 15 is 0 Å². The van der Waals surface area contributed by atoms with Crippen LogP contribution in [0.5, 0.6) is 0 Å². The fourth-order valence-corrected chi connectivity index (χ4v) is 2.42. The molecule has 1 amide bonds. The van der Waals surface area contributed by atoms with Crippen molar-refractivity contribution in [1.29, 1.82) is 0 Å². The van der Waals surface area contributed by atoms with Crippen LogP contribution >= 0.6 is 0 Å². The molecule has 27 heavy (non-hydrogen) atoms. The molecule has 1 aromatic carbocycles. The second-order valence-electron chi connectivity index (χ2n) is 6.45. The van der Waals surface area contributed by atoms with Crippen molar-refractivity contribution < 1.29 is 27.6 Å². The van der Waals surface area contributed by atoms with Crippen molar-refractivity contribution in [2.45, 2.75) is 31.3 Å². The summed E-state index contributed by atoms with van der Waals surface area (Å²) in [5.74, 6) is 0. The maximum Gasteiger partial charge on any atom is 0.407 e. The Morgan fingerprint density at radius 1 is 1.26 bits per heavy atom. The number of ether oxygens (including phenoxy) is 2. The first-order valence-corrected chi connectivity index (χ1v) is 9.54. The van der Waals surface area contributed by atoms with E-state index < -0.39 is 32.3 Å². The second-order valence-corrected chi connectivity index (χ2v) is 8.01. The van der Waals surface area contributed by atoms with Crippen LogP contribution in [0.4, 0.5) is 16.2 Å². The molecule has 1 aromatic rings. The van der Waals surface area contributed by atoms with Gasteiger partial charge in [0.15, 0.2) is 0 Å². The van der Waals surface area contributed by atoms with Crippen LogP contribution in [0.1, 0.15) is 20.8 Å². The van der Waals surface area contributed by atoms with E-state index in [9.17, 15) is 23.3 Å². The van der Waals surface area contributed by atoms with Gasteiger partial charge in [0.1, 0.15) is 11.3 Å². The Morgan fingerprint density at radius 3 is 2.44 bits per heavy atom. The van der Waals surface area contributed by atoms with Crippen LogP contribution in [-0.4, -0.2) is 51.3 Å². The number of nitro groups is 1. The predicted molar refractivity (Wildman–Crippen MR) is 98.0 cm³/mol. The van der Waals surface area contributed by atoms with Crippen LogP contribution in [-0.2, 0) is 19.5 Å². The molecular formula is C15H24N4O7S. The number of carbonyl (C=O) groups excluding carboxylic acids is 1. The predicted octanol–water partition coefficient (Wildman–Crippen LogP) is 1.20. The van der Waals surface area contributed by atoms with Gasteiger partial charge in [0.2, 0.25) is 10.0 Å². The Kier molecular flexibility index (Phi) is 7.94. The minimum Gasteiger partial charge on any atom is -0.444 e. The molecule has 0 bridgehead atoms. The van der Waals surface area contributed by atoms with Gasteiger partial charge in [-0.1, -0.05) is 0 Å². The number of hydrogen-bond acceptors (Lipinski definition) is 8. The third-order valence-corrected chi connectivity index (χ3v) is 3.88. The molecule has 0 heterocycles. The standard InChI is InChI=1S/C15H24N4O7S/c1-15(2,3)26-14(20)18-7-9-25-8-6-17-12-5-4-11(27(16,23)24)10-13(12)19(21)22/h4-5,10,17H,6-9H2,1-3H3,(H,18,20)(H2,16,23,24). The lowest BCUT2D eigenvalue weighted by Gasteiger charge is -2.19. The lowest BCUT2D eigenvalue weighted by molar-refractivity contribution is -0.384. The summed E-state index contributed by atoms with van der Waals surface area (Å²) >= 11 is 0. The summed E-state index contributed by atoms with van der Waals surface area (Å²) in [5, 5.41) is 21.4. The van der Waals surface area contributed by atoms with Gasteiger partial charge in [-0.3, -0.25) is 10.1 Å². The molecule has 0 radical (unpaired) electrons. The molecule has 0 aliphatic rings. The Morgan fingerprint density at radius 2 is 1.89 bits per heavy atom. The Bertz CT molecular complexity index is 775. The number of nitrogens with two attached hydrogens (primary N) is 1. The van der Waals surface area contributed by atoms with Crippen molar-refractivity contribution in [2.24, 2.45) is 5.14 Å². The monoisotopic (exact) mass is 404 g/mol. The van der Waals surface area contributed by atoms with Crippen molar-refractivity contribution in [3.8, 4) is 0 Å². The molecule has 0 atom stereocenters. The smallest absolute Gasteiger partial charge is 0.407 e. The Labute approximate surface area is 157 Å². The first-order valence-electron chi connectivity index (χ1n) is 8.00. The zero-order valence-corrected chi connectivity index (χ0v) is 16.2. The van der Waals surface area contributed by atoms with Gasteiger partial charge in [-0.15, -0.1) is 0 Å². The van der Waals surface area contributed by atoms with Crippen LogP contribution in [0.2, 0.25) is 0 Å². The number of nitro benzene ring substituents is 1. The van der Waals surface area contributed by atoms with E-state index in [-0.39, 0.29) is 36.9 Å². The molecule has 1 rings (SSSR count). The quantitative estimate of drug-likeness (QED) is 0.314. The van der Waals surface area contributed by atoms with Crippen LogP contribution in [0.25, 0.3) is 0 Å².